The fourth-order valence-electron chi connectivity index (χ4n) is 3.52. The van der Waals surface area contributed by atoms with Crippen LogP contribution in [0.3, 0.4) is 0 Å². The van der Waals surface area contributed by atoms with E-state index in [4.69, 9.17) is 21.1 Å². The molecule has 150 valence electrons. The molecule has 0 amide bonds. The van der Waals surface area contributed by atoms with E-state index in [9.17, 15) is 5.21 Å². The minimum atomic E-state index is 0.244. The fraction of sp³-hybridized carbons (Fsp3) is 0.273. The van der Waals surface area contributed by atoms with Crippen LogP contribution in [0, 0.1) is 0 Å². The average molecular weight is 412 g/mol. The number of benzene rings is 2. The lowest BCUT2D eigenvalue weighted by molar-refractivity contribution is 0.198. The molecule has 6 nitrogen and oxygen atoms in total. The molecule has 2 aromatic carbocycles. The number of ether oxygens (including phenoxy) is 2. The number of pyridine rings is 1. The first-order valence-electron chi connectivity index (χ1n) is 9.56. The van der Waals surface area contributed by atoms with Crippen LogP contribution < -0.4 is 14.8 Å². The second-order valence-corrected chi connectivity index (χ2v) is 7.42. The van der Waals surface area contributed by atoms with Gasteiger partial charge in [-0.2, -0.15) is 14.9 Å². The Balaban J connectivity index is 1.62. The molecule has 1 fully saturated rings. The van der Waals surface area contributed by atoms with Crippen molar-refractivity contribution < 1.29 is 14.7 Å². The van der Waals surface area contributed by atoms with Crippen molar-refractivity contribution >= 4 is 28.7 Å². The van der Waals surface area contributed by atoms with E-state index in [1.165, 1.54) is 19.0 Å². The van der Waals surface area contributed by atoms with Crippen molar-refractivity contribution in [2.24, 2.45) is 10.2 Å². The molecule has 1 saturated carbocycles. The van der Waals surface area contributed by atoms with E-state index in [2.05, 4.69) is 10.2 Å². The molecule has 0 unspecified atom stereocenters. The molecule has 0 spiro atoms. The normalized spacial score (nSPS) is 15.4. The molecule has 0 aliphatic heterocycles. The first kappa shape index (κ1) is 19.3. The van der Waals surface area contributed by atoms with Crippen molar-refractivity contribution in [3.63, 3.8) is 0 Å². The number of rotatable bonds is 5. The maximum atomic E-state index is 9.97. The summed E-state index contributed by atoms with van der Waals surface area (Å²) in [4.78, 5) is 0. The van der Waals surface area contributed by atoms with E-state index in [1.54, 1.807) is 37.6 Å². The third kappa shape index (κ3) is 4.38. The summed E-state index contributed by atoms with van der Waals surface area (Å²) in [5, 5.41) is 20.4. The Hall–Kier alpha value is -2.99. The molecule has 0 atom stereocenters. The van der Waals surface area contributed by atoms with Crippen molar-refractivity contribution in [2.45, 2.75) is 31.8 Å². The van der Waals surface area contributed by atoms with Crippen molar-refractivity contribution in [3.8, 4) is 11.5 Å². The van der Waals surface area contributed by atoms with Gasteiger partial charge < -0.3 is 14.7 Å². The molecule has 7 heteroatoms. The summed E-state index contributed by atoms with van der Waals surface area (Å²) < 4.78 is 12.6. The smallest absolute Gasteiger partial charge is 0.162 e. The minimum absolute atomic E-state index is 0.244. The molecule has 1 aromatic heterocycles. The third-order valence-corrected chi connectivity index (χ3v) is 5.25. The average Bonchev–Trinajstić information content (AvgIpc) is 3.23. The zero-order valence-electron chi connectivity index (χ0n) is 16.1. The van der Waals surface area contributed by atoms with Crippen LogP contribution in [0.25, 0.3) is 10.9 Å². The van der Waals surface area contributed by atoms with Gasteiger partial charge in [-0.15, -0.1) is 0 Å². The van der Waals surface area contributed by atoms with Gasteiger partial charge in [0.25, 0.3) is 0 Å². The summed E-state index contributed by atoms with van der Waals surface area (Å²) in [6.07, 6.45) is 7.98. The molecule has 0 bridgehead atoms. The van der Waals surface area contributed by atoms with Gasteiger partial charge in [0.2, 0.25) is 0 Å². The highest BCUT2D eigenvalue weighted by Crippen LogP contribution is 2.32. The van der Waals surface area contributed by atoms with E-state index in [-0.39, 0.29) is 6.10 Å². The van der Waals surface area contributed by atoms with E-state index < -0.39 is 0 Å². The Kier molecular flexibility index (Phi) is 5.71. The molecule has 1 aliphatic rings. The van der Waals surface area contributed by atoms with Crippen LogP contribution in [0.2, 0.25) is 5.02 Å². The largest absolute Gasteiger partial charge is 0.493 e. The SMILES string of the molecule is COc1ccc(C=NN=c2ccn(O)c3cc(Cl)ccc23)cc1OC1CCCC1. The molecule has 1 aliphatic carbocycles. The van der Waals surface area contributed by atoms with Gasteiger partial charge in [0.1, 0.15) is 0 Å². The Bertz CT molecular complexity index is 1120. The number of methoxy groups -OCH3 is 1. The molecule has 0 saturated heterocycles. The van der Waals surface area contributed by atoms with Crippen LogP contribution in [0.1, 0.15) is 31.2 Å². The van der Waals surface area contributed by atoms with Gasteiger partial charge >= 0.3 is 0 Å². The number of hydrogen-bond donors (Lipinski definition) is 1. The van der Waals surface area contributed by atoms with Gasteiger partial charge in [-0.05, 0) is 73.7 Å². The Morgan fingerprint density at radius 1 is 1.10 bits per heavy atom. The summed E-state index contributed by atoms with van der Waals surface area (Å²) >= 11 is 6.02. The molecule has 1 heterocycles. The maximum absolute atomic E-state index is 9.97. The van der Waals surface area contributed by atoms with Crippen LogP contribution in [-0.4, -0.2) is 29.4 Å². The number of halogens is 1. The molecule has 29 heavy (non-hydrogen) atoms. The zero-order chi connectivity index (χ0) is 20.2. The predicted molar refractivity (Wildman–Crippen MR) is 113 cm³/mol. The lowest BCUT2D eigenvalue weighted by atomic mass is 10.2. The summed E-state index contributed by atoms with van der Waals surface area (Å²) in [6, 6.07) is 12.6. The van der Waals surface area contributed by atoms with E-state index >= 15 is 0 Å². The summed E-state index contributed by atoms with van der Waals surface area (Å²) in [6.45, 7) is 0. The summed E-state index contributed by atoms with van der Waals surface area (Å²) in [7, 11) is 1.64. The topological polar surface area (TPSA) is 68.3 Å². The maximum Gasteiger partial charge on any atom is 0.162 e. The molecular formula is C22H22ClN3O3. The second kappa shape index (κ2) is 8.57. The first-order valence-corrected chi connectivity index (χ1v) is 9.94. The fourth-order valence-corrected chi connectivity index (χ4v) is 3.68. The van der Waals surface area contributed by atoms with Crippen molar-refractivity contribution in [1.82, 2.24) is 4.73 Å². The molecular weight excluding hydrogens is 390 g/mol. The lowest BCUT2D eigenvalue weighted by Crippen LogP contribution is -2.11. The molecule has 1 N–H and O–H groups in total. The number of nitrogens with zero attached hydrogens (tertiary/aromatic N) is 3. The van der Waals surface area contributed by atoms with Crippen LogP contribution >= 0.6 is 11.6 Å². The quantitative estimate of drug-likeness (QED) is 0.372. The number of hydrogen-bond acceptors (Lipinski definition) is 5. The third-order valence-electron chi connectivity index (χ3n) is 5.01. The van der Waals surface area contributed by atoms with Crippen LogP contribution in [0.5, 0.6) is 11.5 Å². The highest BCUT2D eigenvalue weighted by Gasteiger charge is 2.18. The minimum Gasteiger partial charge on any atom is -0.493 e. The van der Waals surface area contributed by atoms with Crippen LogP contribution in [-0.2, 0) is 0 Å². The van der Waals surface area contributed by atoms with Gasteiger partial charge in [-0.25, -0.2) is 0 Å². The number of aromatic nitrogens is 1. The molecule has 0 radical (unpaired) electrons. The highest BCUT2D eigenvalue weighted by molar-refractivity contribution is 6.31. The van der Waals surface area contributed by atoms with Gasteiger partial charge in [-0.1, -0.05) is 11.6 Å². The van der Waals surface area contributed by atoms with Crippen molar-refractivity contribution in [2.75, 3.05) is 7.11 Å². The van der Waals surface area contributed by atoms with Crippen molar-refractivity contribution in [1.29, 1.82) is 0 Å². The Morgan fingerprint density at radius 3 is 2.72 bits per heavy atom. The Morgan fingerprint density at radius 2 is 1.93 bits per heavy atom. The Labute approximate surface area is 173 Å². The monoisotopic (exact) mass is 411 g/mol. The molecule has 4 rings (SSSR count). The van der Waals surface area contributed by atoms with Gasteiger partial charge in [0, 0.05) is 16.6 Å². The standard InChI is InChI=1S/C22H22ClN3O3/c1-28-21-9-6-15(12-22(21)29-17-4-2-3-5-17)14-24-25-19-10-11-26(27)20-13-16(23)7-8-18(19)20/h6-14,17,27H,2-5H2,1H3. The summed E-state index contributed by atoms with van der Waals surface area (Å²) in [5.74, 6) is 1.44. The van der Waals surface area contributed by atoms with Gasteiger partial charge in [0.05, 0.1) is 30.3 Å². The van der Waals surface area contributed by atoms with E-state index in [1.807, 2.05) is 18.2 Å². The number of fused-ring (bicyclic) bond motifs is 1. The lowest BCUT2D eigenvalue weighted by Gasteiger charge is -2.16. The predicted octanol–water partition coefficient (Wildman–Crippen LogP) is 4.80. The first-order chi connectivity index (χ1) is 14.1. The van der Waals surface area contributed by atoms with Crippen molar-refractivity contribution in [3.05, 3.63) is 64.6 Å². The highest BCUT2D eigenvalue weighted by atomic mass is 35.5. The van der Waals surface area contributed by atoms with E-state index in [0.717, 1.165) is 34.3 Å². The molecule has 3 aromatic rings. The van der Waals surface area contributed by atoms with Gasteiger partial charge in [0.15, 0.2) is 11.5 Å². The van der Waals surface area contributed by atoms with E-state index in [0.29, 0.717) is 21.6 Å². The summed E-state index contributed by atoms with van der Waals surface area (Å²) in [5.41, 5.74) is 1.42. The van der Waals surface area contributed by atoms with Crippen LogP contribution in [0.15, 0.2) is 58.9 Å². The van der Waals surface area contributed by atoms with Gasteiger partial charge in [-0.3, -0.25) is 0 Å². The van der Waals surface area contributed by atoms with Crippen LogP contribution in [0.4, 0.5) is 0 Å². The zero-order valence-corrected chi connectivity index (χ0v) is 16.8. The second-order valence-electron chi connectivity index (χ2n) is 6.99.